The lowest BCUT2D eigenvalue weighted by atomic mass is 10.2. The van der Waals surface area contributed by atoms with Crippen LogP contribution in [-0.2, 0) is 9.47 Å². The van der Waals surface area contributed by atoms with Crippen LogP contribution >= 0.6 is 0 Å². The van der Waals surface area contributed by atoms with Crippen LogP contribution in [0.3, 0.4) is 0 Å². The van der Waals surface area contributed by atoms with E-state index < -0.39 is 6.23 Å². The first-order chi connectivity index (χ1) is 11.9. The van der Waals surface area contributed by atoms with Crippen LogP contribution < -0.4 is 9.47 Å². The van der Waals surface area contributed by atoms with Gasteiger partial charge in [0.15, 0.2) is 0 Å². The van der Waals surface area contributed by atoms with E-state index in [0.717, 1.165) is 5.56 Å². The number of ether oxygens (including phenoxy) is 4. The largest absolute Gasteiger partial charge is 0.475 e. The molecule has 1 aliphatic rings. The molecule has 9 heteroatoms. The lowest BCUT2D eigenvalue weighted by Crippen LogP contribution is -2.33. The zero-order valence-electron chi connectivity index (χ0n) is 15.2. The third-order valence-electron chi connectivity index (χ3n) is 3.46. The summed E-state index contributed by atoms with van der Waals surface area (Å²) in [5.74, 6) is 0.487. The number of azide groups is 1. The first kappa shape index (κ1) is 19.2. The van der Waals surface area contributed by atoms with Gasteiger partial charge in [0.05, 0.1) is 18.8 Å². The van der Waals surface area contributed by atoms with E-state index in [1.807, 2.05) is 34.6 Å². The van der Waals surface area contributed by atoms with E-state index >= 15 is 0 Å². The molecule has 0 unspecified atom stereocenters. The van der Waals surface area contributed by atoms with Crippen LogP contribution in [0, 0.1) is 6.92 Å². The normalized spacial score (nSPS) is 22.9. The zero-order valence-corrected chi connectivity index (χ0v) is 15.2. The van der Waals surface area contributed by atoms with Gasteiger partial charge < -0.3 is 18.9 Å². The SMILES string of the molecule is Cc1cnc(O[C@@H]2C[C@@H](N=[N+]=[N-])O[C@@H]2COC(C)C)nc1OC(C)C. The van der Waals surface area contributed by atoms with Crippen LogP contribution in [0.2, 0.25) is 0 Å². The molecular formula is C16H25N5O4. The van der Waals surface area contributed by atoms with Gasteiger partial charge in [-0.1, -0.05) is 5.11 Å². The smallest absolute Gasteiger partial charge is 0.320 e. The molecular weight excluding hydrogens is 326 g/mol. The highest BCUT2D eigenvalue weighted by atomic mass is 16.6. The lowest BCUT2D eigenvalue weighted by molar-refractivity contribution is -0.0538. The Hall–Kier alpha value is -2.09. The van der Waals surface area contributed by atoms with Gasteiger partial charge >= 0.3 is 6.01 Å². The molecule has 0 radical (unpaired) electrons. The lowest BCUT2D eigenvalue weighted by Gasteiger charge is -2.20. The zero-order chi connectivity index (χ0) is 18.4. The molecule has 3 atom stereocenters. The highest BCUT2D eigenvalue weighted by Crippen LogP contribution is 2.27. The van der Waals surface area contributed by atoms with Gasteiger partial charge in [0.25, 0.3) is 0 Å². The molecule has 1 saturated heterocycles. The van der Waals surface area contributed by atoms with E-state index in [0.29, 0.717) is 18.9 Å². The maximum Gasteiger partial charge on any atom is 0.320 e. The summed E-state index contributed by atoms with van der Waals surface area (Å²) in [6.45, 7) is 9.94. The maximum atomic E-state index is 8.62. The molecule has 2 rings (SSSR count). The van der Waals surface area contributed by atoms with Gasteiger partial charge in [0.1, 0.15) is 18.4 Å². The molecule has 138 valence electrons. The molecule has 1 aliphatic heterocycles. The van der Waals surface area contributed by atoms with Gasteiger partial charge in [0.2, 0.25) is 5.88 Å². The first-order valence-corrected chi connectivity index (χ1v) is 8.37. The van der Waals surface area contributed by atoms with E-state index in [4.69, 9.17) is 24.5 Å². The van der Waals surface area contributed by atoms with Gasteiger partial charge in [-0.25, -0.2) is 4.98 Å². The highest BCUT2D eigenvalue weighted by molar-refractivity contribution is 5.23. The number of hydrogen-bond donors (Lipinski definition) is 0. The van der Waals surface area contributed by atoms with Crippen LogP contribution in [0.1, 0.15) is 39.7 Å². The van der Waals surface area contributed by atoms with Crippen LogP contribution in [0.4, 0.5) is 0 Å². The van der Waals surface area contributed by atoms with Crippen molar-refractivity contribution in [1.29, 1.82) is 0 Å². The quantitative estimate of drug-likeness (QED) is 0.404. The number of aryl methyl sites for hydroxylation is 1. The van der Waals surface area contributed by atoms with E-state index in [9.17, 15) is 0 Å². The van der Waals surface area contributed by atoms with E-state index in [-0.39, 0.29) is 30.4 Å². The fraction of sp³-hybridized carbons (Fsp3) is 0.750. The minimum absolute atomic E-state index is 0.00204. The predicted octanol–water partition coefficient (Wildman–Crippen LogP) is 3.17. The molecule has 0 aliphatic carbocycles. The standard InChI is InChI=1S/C16H25N5O4/c1-9(2)22-8-13-12(6-14(24-13)20-21-17)25-16-18-7-11(5)15(19-16)23-10(3)4/h7,9-10,12-14H,6,8H2,1-5H3/t12-,13-,14+/m1/s1. The number of rotatable bonds is 8. The maximum absolute atomic E-state index is 8.62. The predicted molar refractivity (Wildman–Crippen MR) is 90.5 cm³/mol. The third-order valence-corrected chi connectivity index (χ3v) is 3.46. The Bertz CT molecular complexity index is 619. The minimum atomic E-state index is -0.590. The number of nitrogens with zero attached hydrogens (tertiary/aromatic N) is 5. The molecule has 1 aromatic heterocycles. The molecule has 0 N–H and O–H groups in total. The highest BCUT2D eigenvalue weighted by Gasteiger charge is 2.37. The van der Waals surface area contributed by atoms with Crippen LogP contribution in [0.15, 0.2) is 11.3 Å². The summed E-state index contributed by atoms with van der Waals surface area (Å²) in [7, 11) is 0. The van der Waals surface area contributed by atoms with Crippen LogP contribution in [0.5, 0.6) is 11.9 Å². The molecule has 1 fully saturated rings. The van der Waals surface area contributed by atoms with Gasteiger partial charge in [0, 0.05) is 23.1 Å². The van der Waals surface area contributed by atoms with E-state index in [1.54, 1.807) is 6.20 Å². The van der Waals surface area contributed by atoms with Crippen molar-refractivity contribution in [3.05, 3.63) is 22.2 Å². The second-order valence-electron chi connectivity index (χ2n) is 6.42. The molecule has 0 amide bonds. The van der Waals surface area contributed by atoms with Gasteiger partial charge in [-0.2, -0.15) is 4.98 Å². The summed E-state index contributed by atoms with van der Waals surface area (Å²) < 4.78 is 22.9. The molecule has 0 aromatic carbocycles. The summed E-state index contributed by atoms with van der Waals surface area (Å²) in [6.07, 6.45) is 0.796. The van der Waals surface area contributed by atoms with Crippen molar-refractivity contribution in [2.24, 2.45) is 5.11 Å². The van der Waals surface area contributed by atoms with Crippen molar-refractivity contribution in [2.45, 2.75) is 71.7 Å². The summed E-state index contributed by atoms with van der Waals surface area (Å²) in [5, 5.41) is 3.62. The Kier molecular flexibility index (Phi) is 6.81. The van der Waals surface area contributed by atoms with Gasteiger partial charge in [-0.15, -0.1) is 0 Å². The Morgan fingerprint density at radius 3 is 2.76 bits per heavy atom. The van der Waals surface area contributed by atoms with Crippen molar-refractivity contribution >= 4 is 0 Å². The summed E-state index contributed by atoms with van der Waals surface area (Å²) in [5.41, 5.74) is 9.45. The van der Waals surface area contributed by atoms with E-state index in [1.165, 1.54) is 0 Å². The molecule has 0 saturated carbocycles. The Morgan fingerprint density at radius 1 is 1.36 bits per heavy atom. The van der Waals surface area contributed by atoms with Gasteiger partial charge in [-0.3, -0.25) is 0 Å². The molecule has 1 aromatic rings. The second-order valence-corrected chi connectivity index (χ2v) is 6.42. The Labute approximate surface area is 147 Å². The average molecular weight is 351 g/mol. The van der Waals surface area contributed by atoms with Gasteiger partial charge in [-0.05, 0) is 40.1 Å². The molecule has 9 nitrogen and oxygen atoms in total. The average Bonchev–Trinajstić information content (AvgIpc) is 2.90. The topological polar surface area (TPSA) is 111 Å². The number of hydrogen-bond acceptors (Lipinski definition) is 7. The van der Waals surface area contributed by atoms with Crippen molar-refractivity contribution in [2.75, 3.05) is 6.61 Å². The second kappa shape index (κ2) is 8.84. The van der Waals surface area contributed by atoms with Crippen molar-refractivity contribution in [3.63, 3.8) is 0 Å². The van der Waals surface area contributed by atoms with Crippen molar-refractivity contribution < 1.29 is 18.9 Å². The van der Waals surface area contributed by atoms with Crippen LogP contribution in [0.25, 0.3) is 10.4 Å². The number of aromatic nitrogens is 2. The van der Waals surface area contributed by atoms with E-state index in [2.05, 4.69) is 20.0 Å². The fourth-order valence-electron chi connectivity index (χ4n) is 2.33. The van der Waals surface area contributed by atoms with Crippen LogP contribution in [-0.4, -0.2) is 47.2 Å². The third kappa shape index (κ3) is 5.74. The molecule has 0 spiro atoms. The summed E-state index contributed by atoms with van der Waals surface area (Å²) in [4.78, 5) is 11.3. The minimum Gasteiger partial charge on any atom is -0.475 e. The fourth-order valence-corrected chi connectivity index (χ4v) is 2.33. The Morgan fingerprint density at radius 2 is 2.12 bits per heavy atom. The molecule has 25 heavy (non-hydrogen) atoms. The first-order valence-electron chi connectivity index (χ1n) is 8.37. The molecule has 0 bridgehead atoms. The summed E-state index contributed by atoms with van der Waals surface area (Å²) in [6, 6.07) is 0.200. The Balaban J connectivity index is 2.10. The molecule has 2 heterocycles. The monoisotopic (exact) mass is 351 g/mol. The van der Waals surface area contributed by atoms with Crippen molar-refractivity contribution in [3.8, 4) is 11.9 Å². The van der Waals surface area contributed by atoms with Crippen molar-refractivity contribution in [1.82, 2.24) is 9.97 Å². The summed E-state index contributed by atoms with van der Waals surface area (Å²) >= 11 is 0.